The Morgan fingerprint density at radius 3 is 2.55 bits per heavy atom. The van der Waals surface area contributed by atoms with Crippen molar-refractivity contribution in [2.75, 3.05) is 21.2 Å². The Morgan fingerprint density at radius 2 is 2.10 bits per heavy atom. The van der Waals surface area contributed by atoms with E-state index in [0.717, 1.165) is 4.31 Å². The Kier molecular flexibility index (Phi) is 5.97. The first-order valence-electron chi connectivity index (χ1n) is 5.89. The van der Waals surface area contributed by atoms with Crippen LogP contribution < -0.4 is 0 Å². The molecule has 0 aromatic carbocycles. The SMILES string of the molecule is COC(=O)CC(C)Sc1ccc(S(=O)(=O)N(C)C)cn1. The molecule has 0 bridgehead atoms. The number of carbonyl (C=O) groups is 1. The molecule has 8 heteroatoms. The summed E-state index contributed by atoms with van der Waals surface area (Å²) in [5.41, 5.74) is 0. The average Bonchev–Trinajstić information content (AvgIpc) is 2.38. The molecule has 1 aromatic heterocycles. The zero-order valence-corrected chi connectivity index (χ0v) is 13.5. The first-order valence-corrected chi connectivity index (χ1v) is 8.21. The number of hydrogen-bond donors (Lipinski definition) is 0. The molecule has 1 atom stereocenters. The molecule has 0 aliphatic carbocycles. The molecule has 1 heterocycles. The third kappa shape index (κ3) is 4.46. The fourth-order valence-electron chi connectivity index (χ4n) is 1.37. The largest absolute Gasteiger partial charge is 0.469 e. The molecule has 0 aliphatic heterocycles. The minimum atomic E-state index is -3.46. The van der Waals surface area contributed by atoms with Crippen LogP contribution in [-0.4, -0.2) is 50.1 Å². The summed E-state index contributed by atoms with van der Waals surface area (Å²) in [5, 5.41) is 0.672. The van der Waals surface area contributed by atoms with Crippen molar-refractivity contribution in [3.05, 3.63) is 18.3 Å². The second-order valence-electron chi connectivity index (χ2n) is 4.33. The van der Waals surface area contributed by atoms with Crippen LogP contribution in [0.15, 0.2) is 28.3 Å². The van der Waals surface area contributed by atoms with Crippen molar-refractivity contribution in [2.45, 2.75) is 28.5 Å². The number of sulfonamides is 1. The molecule has 0 aliphatic rings. The highest BCUT2D eigenvalue weighted by molar-refractivity contribution is 7.99. The highest BCUT2D eigenvalue weighted by Gasteiger charge is 2.18. The van der Waals surface area contributed by atoms with E-state index in [1.807, 2.05) is 6.92 Å². The van der Waals surface area contributed by atoms with Gasteiger partial charge < -0.3 is 4.74 Å². The number of rotatable bonds is 6. The lowest BCUT2D eigenvalue weighted by molar-refractivity contribution is -0.140. The maximum absolute atomic E-state index is 11.9. The molecule has 112 valence electrons. The molecule has 6 nitrogen and oxygen atoms in total. The number of pyridine rings is 1. The second kappa shape index (κ2) is 7.05. The Bertz CT molecular complexity index is 555. The molecule has 0 N–H and O–H groups in total. The van der Waals surface area contributed by atoms with Gasteiger partial charge >= 0.3 is 5.97 Å². The number of ether oxygens (including phenoxy) is 1. The number of esters is 1. The van der Waals surface area contributed by atoms with Crippen molar-refractivity contribution in [1.29, 1.82) is 0 Å². The normalized spacial score (nSPS) is 13.2. The number of carbonyl (C=O) groups excluding carboxylic acids is 1. The van der Waals surface area contributed by atoms with Crippen LogP contribution in [0.25, 0.3) is 0 Å². The van der Waals surface area contributed by atoms with Crippen LogP contribution in [0.5, 0.6) is 0 Å². The van der Waals surface area contributed by atoms with Crippen LogP contribution in [-0.2, 0) is 19.6 Å². The van der Waals surface area contributed by atoms with Crippen molar-refractivity contribution in [1.82, 2.24) is 9.29 Å². The standard InChI is InChI=1S/C12H18N2O4S2/c1-9(7-12(15)18-4)19-11-6-5-10(8-13-11)20(16,17)14(2)3/h5-6,8-9H,7H2,1-4H3. The molecule has 0 saturated carbocycles. The molecule has 0 radical (unpaired) electrons. The van der Waals surface area contributed by atoms with Gasteiger partial charge in [-0.3, -0.25) is 4.79 Å². The molecule has 0 saturated heterocycles. The van der Waals surface area contributed by atoms with Gasteiger partial charge in [-0.05, 0) is 12.1 Å². The molecule has 20 heavy (non-hydrogen) atoms. The average molecular weight is 318 g/mol. The maximum atomic E-state index is 11.9. The Labute approximate surface area is 123 Å². The third-order valence-corrected chi connectivity index (χ3v) is 5.34. The molecule has 1 aromatic rings. The van der Waals surface area contributed by atoms with Crippen LogP contribution >= 0.6 is 11.8 Å². The summed E-state index contributed by atoms with van der Waals surface area (Å²) < 4.78 is 29.5. The summed E-state index contributed by atoms with van der Waals surface area (Å²) >= 11 is 1.39. The summed E-state index contributed by atoms with van der Waals surface area (Å²) in [6.45, 7) is 1.88. The van der Waals surface area contributed by atoms with E-state index < -0.39 is 10.0 Å². The second-order valence-corrected chi connectivity index (χ2v) is 7.94. The van der Waals surface area contributed by atoms with Gasteiger partial charge in [0.25, 0.3) is 0 Å². The first kappa shape index (κ1) is 16.9. The minimum Gasteiger partial charge on any atom is -0.469 e. The monoisotopic (exact) mass is 318 g/mol. The van der Waals surface area contributed by atoms with Gasteiger partial charge in [0, 0.05) is 25.5 Å². The molecular formula is C12H18N2O4S2. The molecule has 0 amide bonds. The van der Waals surface area contributed by atoms with Gasteiger partial charge in [-0.2, -0.15) is 0 Å². The van der Waals surface area contributed by atoms with Gasteiger partial charge in [0.1, 0.15) is 4.90 Å². The highest BCUT2D eigenvalue weighted by atomic mass is 32.2. The first-order chi connectivity index (χ1) is 9.27. The fraction of sp³-hybridized carbons (Fsp3) is 0.500. The fourth-order valence-corrected chi connectivity index (χ4v) is 3.11. The van der Waals surface area contributed by atoms with Crippen molar-refractivity contribution >= 4 is 27.8 Å². The van der Waals surface area contributed by atoms with Crippen LogP contribution in [0.1, 0.15) is 13.3 Å². The van der Waals surface area contributed by atoms with Gasteiger partial charge in [0.05, 0.1) is 18.6 Å². The summed E-state index contributed by atoms with van der Waals surface area (Å²) in [7, 11) is 0.826. The van der Waals surface area contributed by atoms with E-state index in [-0.39, 0.29) is 22.5 Å². The predicted octanol–water partition coefficient (Wildman–Crippen LogP) is 1.38. The lowest BCUT2D eigenvalue weighted by Gasteiger charge is -2.12. The lowest BCUT2D eigenvalue weighted by Crippen LogP contribution is -2.22. The van der Waals surface area contributed by atoms with Crippen molar-refractivity contribution in [2.24, 2.45) is 0 Å². The van der Waals surface area contributed by atoms with E-state index in [1.54, 1.807) is 6.07 Å². The molecule has 0 spiro atoms. The Morgan fingerprint density at radius 1 is 1.45 bits per heavy atom. The summed E-state index contributed by atoms with van der Waals surface area (Å²) in [4.78, 5) is 15.4. The minimum absolute atomic E-state index is 0.00579. The number of methoxy groups -OCH3 is 1. The van der Waals surface area contributed by atoms with Crippen molar-refractivity contribution < 1.29 is 17.9 Å². The van der Waals surface area contributed by atoms with E-state index in [4.69, 9.17) is 0 Å². The number of nitrogens with zero attached hydrogens (tertiary/aromatic N) is 2. The summed E-state index contributed by atoms with van der Waals surface area (Å²) in [6, 6.07) is 3.14. The smallest absolute Gasteiger partial charge is 0.306 e. The topological polar surface area (TPSA) is 76.6 Å². The van der Waals surface area contributed by atoms with Gasteiger partial charge in [-0.15, -0.1) is 11.8 Å². The van der Waals surface area contributed by atoms with Gasteiger partial charge in [0.2, 0.25) is 10.0 Å². The molecule has 0 fully saturated rings. The van der Waals surface area contributed by atoms with Crippen molar-refractivity contribution in [3.63, 3.8) is 0 Å². The van der Waals surface area contributed by atoms with Crippen LogP contribution in [0, 0.1) is 0 Å². The number of thioether (sulfide) groups is 1. The zero-order valence-electron chi connectivity index (χ0n) is 11.9. The summed E-state index contributed by atoms with van der Waals surface area (Å²) in [6.07, 6.45) is 1.60. The lowest BCUT2D eigenvalue weighted by atomic mass is 10.3. The Hall–Kier alpha value is -1.12. The van der Waals surface area contributed by atoms with Gasteiger partial charge in [0.15, 0.2) is 0 Å². The van der Waals surface area contributed by atoms with Crippen molar-refractivity contribution in [3.8, 4) is 0 Å². The van der Waals surface area contributed by atoms with E-state index >= 15 is 0 Å². The van der Waals surface area contributed by atoms with Crippen LogP contribution in [0.4, 0.5) is 0 Å². The quantitative estimate of drug-likeness (QED) is 0.582. The van der Waals surface area contributed by atoms with E-state index in [9.17, 15) is 13.2 Å². The van der Waals surface area contributed by atoms with Crippen LogP contribution in [0.2, 0.25) is 0 Å². The van der Waals surface area contributed by atoms with Gasteiger partial charge in [-0.25, -0.2) is 17.7 Å². The Balaban J connectivity index is 2.75. The van der Waals surface area contributed by atoms with E-state index in [0.29, 0.717) is 5.03 Å². The molecule has 1 unspecified atom stereocenters. The van der Waals surface area contributed by atoms with E-state index in [2.05, 4.69) is 9.72 Å². The van der Waals surface area contributed by atoms with E-state index in [1.165, 1.54) is 45.2 Å². The van der Waals surface area contributed by atoms with Crippen LogP contribution in [0.3, 0.4) is 0 Å². The van der Waals surface area contributed by atoms with Gasteiger partial charge in [-0.1, -0.05) is 6.92 Å². The number of aromatic nitrogens is 1. The number of hydrogen-bond acceptors (Lipinski definition) is 6. The summed E-state index contributed by atoms with van der Waals surface area (Å²) in [5.74, 6) is -0.281. The zero-order chi connectivity index (χ0) is 15.3. The maximum Gasteiger partial charge on any atom is 0.306 e. The molecule has 1 rings (SSSR count). The third-order valence-electron chi connectivity index (χ3n) is 2.49. The highest BCUT2D eigenvalue weighted by Crippen LogP contribution is 2.24. The predicted molar refractivity (Wildman–Crippen MR) is 77.1 cm³/mol. The molecular weight excluding hydrogens is 300 g/mol.